The quantitative estimate of drug-likeness (QED) is 0.584. The summed E-state index contributed by atoms with van der Waals surface area (Å²) in [6.45, 7) is 2.76. The molecule has 3 aromatic rings. The number of hydrogen-bond donors (Lipinski definition) is 0. The molecule has 0 aliphatic heterocycles. The van der Waals surface area contributed by atoms with Crippen LogP contribution in [0.3, 0.4) is 0 Å². The summed E-state index contributed by atoms with van der Waals surface area (Å²) in [5.41, 5.74) is 1.24. The first kappa shape index (κ1) is 20.7. The lowest BCUT2D eigenvalue weighted by Crippen LogP contribution is -2.17. The van der Waals surface area contributed by atoms with Crippen molar-refractivity contribution in [1.29, 1.82) is 0 Å². The second-order valence-electron chi connectivity index (χ2n) is 6.17. The van der Waals surface area contributed by atoms with E-state index in [4.69, 9.17) is 18.9 Å². The number of amides is 1. The lowest BCUT2D eigenvalue weighted by molar-refractivity contribution is 0.0995. The number of ether oxygens (including phenoxy) is 4. The molecular formula is C21H24N2O5S. The van der Waals surface area contributed by atoms with Crippen LogP contribution in [0.4, 0.5) is 0 Å². The average Bonchev–Trinajstić information content (AvgIpc) is 3.10. The van der Waals surface area contributed by atoms with Crippen molar-refractivity contribution in [2.24, 2.45) is 4.99 Å². The molecule has 0 aliphatic carbocycles. The fourth-order valence-electron chi connectivity index (χ4n) is 3.09. The largest absolute Gasteiger partial charge is 0.497 e. The Morgan fingerprint density at radius 1 is 0.966 bits per heavy atom. The number of aryl methyl sites for hydroxylation is 1. The minimum Gasteiger partial charge on any atom is -0.497 e. The zero-order valence-corrected chi connectivity index (χ0v) is 18.0. The number of nitrogens with zero attached hydrogens (tertiary/aromatic N) is 2. The minimum atomic E-state index is -0.390. The average molecular weight is 416 g/mol. The van der Waals surface area contributed by atoms with E-state index in [9.17, 15) is 4.79 Å². The molecule has 0 saturated carbocycles. The molecule has 29 heavy (non-hydrogen) atoms. The topological polar surface area (TPSA) is 71.3 Å². The van der Waals surface area contributed by atoms with E-state index in [0.29, 0.717) is 39.9 Å². The second kappa shape index (κ2) is 9.00. The van der Waals surface area contributed by atoms with Gasteiger partial charge in [-0.05, 0) is 30.7 Å². The van der Waals surface area contributed by atoms with E-state index in [1.54, 1.807) is 39.5 Å². The Morgan fingerprint density at radius 2 is 1.66 bits per heavy atom. The van der Waals surface area contributed by atoms with E-state index >= 15 is 0 Å². The van der Waals surface area contributed by atoms with Gasteiger partial charge >= 0.3 is 0 Å². The van der Waals surface area contributed by atoms with Crippen molar-refractivity contribution in [3.8, 4) is 23.0 Å². The van der Waals surface area contributed by atoms with Gasteiger partial charge in [-0.3, -0.25) is 4.79 Å². The fraction of sp³-hybridized carbons (Fsp3) is 0.333. The number of carbonyl (C=O) groups is 1. The zero-order valence-electron chi connectivity index (χ0n) is 17.1. The molecule has 2 aromatic carbocycles. The van der Waals surface area contributed by atoms with Crippen LogP contribution in [0, 0.1) is 0 Å². The van der Waals surface area contributed by atoms with Crippen LogP contribution in [0.5, 0.6) is 23.0 Å². The third-order valence-corrected chi connectivity index (χ3v) is 5.57. The summed E-state index contributed by atoms with van der Waals surface area (Å²) in [6, 6.07) is 8.74. The predicted molar refractivity (Wildman–Crippen MR) is 113 cm³/mol. The van der Waals surface area contributed by atoms with Crippen LogP contribution in [0.2, 0.25) is 0 Å². The number of hydrogen-bond acceptors (Lipinski definition) is 6. The smallest absolute Gasteiger partial charge is 0.283 e. The molecule has 0 fully saturated rings. The molecule has 0 N–H and O–H groups in total. The van der Waals surface area contributed by atoms with Gasteiger partial charge in [0.15, 0.2) is 4.80 Å². The molecule has 0 atom stereocenters. The van der Waals surface area contributed by atoms with Gasteiger partial charge in [0.25, 0.3) is 5.91 Å². The molecule has 1 amide bonds. The first-order chi connectivity index (χ1) is 14.1. The maximum atomic E-state index is 13.0. The number of fused-ring (bicyclic) bond motifs is 1. The van der Waals surface area contributed by atoms with Crippen LogP contribution in [0.1, 0.15) is 23.7 Å². The van der Waals surface area contributed by atoms with Gasteiger partial charge in [-0.15, -0.1) is 0 Å². The van der Waals surface area contributed by atoms with E-state index in [0.717, 1.165) is 16.6 Å². The molecule has 1 heterocycles. The van der Waals surface area contributed by atoms with E-state index in [1.807, 2.05) is 16.7 Å². The number of rotatable bonds is 7. The fourth-order valence-corrected chi connectivity index (χ4v) is 4.26. The number of benzene rings is 2. The highest BCUT2D eigenvalue weighted by Gasteiger charge is 2.18. The lowest BCUT2D eigenvalue weighted by Gasteiger charge is -2.09. The Bertz CT molecular complexity index is 1100. The van der Waals surface area contributed by atoms with E-state index in [-0.39, 0.29) is 5.91 Å². The molecule has 0 aliphatic rings. The number of carbonyl (C=O) groups excluding carboxylic acids is 1. The number of aromatic nitrogens is 1. The predicted octanol–water partition coefficient (Wildman–Crippen LogP) is 3.89. The van der Waals surface area contributed by atoms with Crippen LogP contribution < -0.4 is 23.7 Å². The van der Waals surface area contributed by atoms with Crippen molar-refractivity contribution < 1.29 is 23.7 Å². The maximum Gasteiger partial charge on any atom is 0.283 e. The monoisotopic (exact) mass is 416 g/mol. The van der Waals surface area contributed by atoms with Crippen LogP contribution in [-0.4, -0.2) is 38.9 Å². The van der Waals surface area contributed by atoms with Gasteiger partial charge < -0.3 is 23.5 Å². The number of thiazole rings is 1. The molecule has 1 aromatic heterocycles. The first-order valence-electron chi connectivity index (χ1n) is 9.13. The molecule has 0 unspecified atom stereocenters. The molecular weight excluding hydrogens is 392 g/mol. The first-order valence-corrected chi connectivity index (χ1v) is 9.94. The summed E-state index contributed by atoms with van der Waals surface area (Å²) in [7, 11) is 6.32. The third kappa shape index (κ3) is 3.93. The van der Waals surface area contributed by atoms with Gasteiger partial charge in [0.1, 0.15) is 33.2 Å². The van der Waals surface area contributed by atoms with Gasteiger partial charge in [-0.2, -0.15) is 4.99 Å². The van der Waals surface area contributed by atoms with E-state index in [1.165, 1.54) is 18.4 Å². The summed E-state index contributed by atoms with van der Waals surface area (Å²) >= 11 is 1.39. The summed E-state index contributed by atoms with van der Waals surface area (Å²) in [5.74, 6) is 2.05. The summed E-state index contributed by atoms with van der Waals surface area (Å²) < 4.78 is 24.5. The SMILES string of the molecule is CCCn1c(=NC(=O)c2ccc(OC)cc2OC)sc2c(OC)ccc(OC)c21. The van der Waals surface area contributed by atoms with Gasteiger partial charge in [0.05, 0.1) is 34.0 Å². The second-order valence-corrected chi connectivity index (χ2v) is 7.14. The summed E-state index contributed by atoms with van der Waals surface area (Å²) in [5, 5.41) is 0. The van der Waals surface area contributed by atoms with Crippen LogP contribution in [0.25, 0.3) is 10.2 Å². The van der Waals surface area contributed by atoms with Crippen molar-refractivity contribution in [1.82, 2.24) is 4.57 Å². The molecule has 3 rings (SSSR count). The van der Waals surface area contributed by atoms with Crippen molar-refractivity contribution in [2.45, 2.75) is 19.9 Å². The Kier molecular flexibility index (Phi) is 6.43. The van der Waals surface area contributed by atoms with Crippen LogP contribution in [0.15, 0.2) is 35.3 Å². The minimum absolute atomic E-state index is 0.368. The molecule has 0 spiro atoms. The van der Waals surface area contributed by atoms with E-state index < -0.39 is 0 Å². The normalized spacial score (nSPS) is 11.6. The zero-order chi connectivity index (χ0) is 21.0. The Morgan fingerprint density at radius 3 is 2.28 bits per heavy atom. The van der Waals surface area contributed by atoms with Crippen molar-refractivity contribution in [2.75, 3.05) is 28.4 Å². The van der Waals surface area contributed by atoms with Gasteiger partial charge in [-0.25, -0.2) is 0 Å². The summed E-state index contributed by atoms with van der Waals surface area (Å²) in [4.78, 5) is 18.0. The molecule has 0 bridgehead atoms. The summed E-state index contributed by atoms with van der Waals surface area (Å²) in [6.07, 6.45) is 0.874. The van der Waals surface area contributed by atoms with Gasteiger partial charge in [0, 0.05) is 12.6 Å². The molecule has 7 nitrogen and oxygen atoms in total. The third-order valence-electron chi connectivity index (χ3n) is 4.48. The highest BCUT2D eigenvalue weighted by molar-refractivity contribution is 7.16. The molecule has 154 valence electrons. The highest BCUT2D eigenvalue weighted by Crippen LogP contribution is 2.35. The molecule has 0 radical (unpaired) electrons. The van der Waals surface area contributed by atoms with Crippen LogP contribution >= 0.6 is 11.3 Å². The molecule has 0 saturated heterocycles. The number of methoxy groups -OCH3 is 4. The lowest BCUT2D eigenvalue weighted by atomic mass is 10.2. The van der Waals surface area contributed by atoms with Gasteiger partial charge in [0.2, 0.25) is 0 Å². The van der Waals surface area contributed by atoms with E-state index in [2.05, 4.69) is 11.9 Å². The van der Waals surface area contributed by atoms with Crippen molar-refractivity contribution in [3.05, 3.63) is 40.7 Å². The standard InChI is InChI=1S/C21H24N2O5S/c1-6-11-23-18-15(26-3)9-10-16(27-4)19(18)29-21(23)22-20(24)14-8-7-13(25-2)12-17(14)28-5/h7-10,12H,6,11H2,1-5H3. The van der Waals surface area contributed by atoms with Crippen LogP contribution in [-0.2, 0) is 6.54 Å². The van der Waals surface area contributed by atoms with Crippen molar-refractivity contribution >= 4 is 27.5 Å². The Hall–Kier alpha value is -3.00. The maximum absolute atomic E-state index is 13.0. The van der Waals surface area contributed by atoms with Gasteiger partial charge in [-0.1, -0.05) is 18.3 Å². The van der Waals surface area contributed by atoms with Crippen molar-refractivity contribution in [3.63, 3.8) is 0 Å². The molecule has 8 heteroatoms. The Balaban J connectivity index is 2.22. The Labute approximate surface area is 173 Å². The highest BCUT2D eigenvalue weighted by atomic mass is 32.1.